The second kappa shape index (κ2) is 9.39. The van der Waals surface area contributed by atoms with Crippen LogP contribution < -0.4 is 9.47 Å². The zero-order valence-corrected chi connectivity index (χ0v) is 18.5. The molecule has 4 N–H and O–H groups in total. The Balaban J connectivity index is 1.58. The Kier molecular flexibility index (Phi) is 6.47. The van der Waals surface area contributed by atoms with Crippen molar-refractivity contribution >= 4 is 0 Å². The van der Waals surface area contributed by atoms with Crippen LogP contribution in [0, 0.1) is 0 Å². The van der Waals surface area contributed by atoms with Gasteiger partial charge < -0.3 is 34.6 Å². The third-order valence-corrected chi connectivity index (χ3v) is 6.99. The minimum atomic E-state index is -2.68. The van der Waals surface area contributed by atoms with Crippen LogP contribution in [0.1, 0.15) is 52.3 Å². The van der Waals surface area contributed by atoms with Gasteiger partial charge in [0.25, 0.3) is 6.43 Å². The molecule has 0 aromatic heterocycles. The quantitative estimate of drug-likeness (QED) is 0.521. The minimum Gasteiger partial charge on any atom is -0.486 e. The number of rotatable bonds is 5. The normalized spacial score (nSPS) is 28.3. The summed E-state index contributed by atoms with van der Waals surface area (Å²) in [6, 6.07) is 6.97. The molecule has 0 saturated carbocycles. The molecule has 1 fully saturated rings. The highest BCUT2D eigenvalue weighted by atomic mass is 19.3. The van der Waals surface area contributed by atoms with Crippen LogP contribution in [0.15, 0.2) is 24.3 Å². The van der Waals surface area contributed by atoms with Gasteiger partial charge in [-0.1, -0.05) is 12.1 Å². The van der Waals surface area contributed by atoms with Crippen LogP contribution in [0.3, 0.4) is 0 Å². The Morgan fingerprint density at radius 2 is 1.65 bits per heavy atom. The van der Waals surface area contributed by atoms with Crippen LogP contribution in [0.5, 0.6) is 11.5 Å². The topological polar surface area (TPSA) is 109 Å². The first-order chi connectivity index (χ1) is 16.4. The minimum absolute atomic E-state index is 0.00395. The summed E-state index contributed by atoms with van der Waals surface area (Å²) in [5.74, 6) is 1.18. The number of benzene rings is 2. The molecule has 5 unspecified atom stereocenters. The van der Waals surface area contributed by atoms with Gasteiger partial charge in [-0.3, -0.25) is 0 Å². The summed E-state index contributed by atoms with van der Waals surface area (Å²) in [4.78, 5) is 0. The summed E-state index contributed by atoms with van der Waals surface area (Å²) in [5, 5.41) is 40.8. The van der Waals surface area contributed by atoms with Gasteiger partial charge in [0.2, 0.25) is 0 Å². The van der Waals surface area contributed by atoms with Crippen LogP contribution in [0.4, 0.5) is 8.78 Å². The number of fused-ring (bicyclic) bond motifs is 2. The van der Waals surface area contributed by atoms with E-state index in [4.69, 9.17) is 14.2 Å². The molecule has 0 radical (unpaired) electrons. The largest absolute Gasteiger partial charge is 0.486 e. The summed E-state index contributed by atoms with van der Waals surface area (Å²) in [5.41, 5.74) is 2.92. The zero-order chi connectivity index (χ0) is 24.0. The lowest BCUT2D eigenvalue weighted by molar-refractivity contribution is -0.231. The van der Waals surface area contributed by atoms with Gasteiger partial charge in [0.15, 0.2) is 11.5 Å². The van der Waals surface area contributed by atoms with Gasteiger partial charge >= 0.3 is 0 Å². The summed E-state index contributed by atoms with van der Waals surface area (Å²) in [6.07, 6.45) is -7.39. The third kappa shape index (κ3) is 4.05. The van der Waals surface area contributed by atoms with Crippen molar-refractivity contribution in [3.63, 3.8) is 0 Å². The summed E-state index contributed by atoms with van der Waals surface area (Å²) in [7, 11) is 0. The van der Waals surface area contributed by atoms with Crippen LogP contribution >= 0.6 is 0 Å². The maximum absolute atomic E-state index is 14.3. The molecule has 0 bridgehead atoms. The van der Waals surface area contributed by atoms with Crippen molar-refractivity contribution in [1.82, 2.24) is 0 Å². The van der Waals surface area contributed by atoms with Crippen molar-refractivity contribution in [2.24, 2.45) is 0 Å². The number of ether oxygens (including phenoxy) is 3. The number of aliphatic hydroxyl groups excluding tert-OH is 4. The summed E-state index contributed by atoms with van der Waals surface area (Å²) < 4.78 is 45.6. The summed E-state index contributed by atoms with van der Waals surface area (Å²) in [6.45, 7) is 0.316. The Morgan fingerprint density at radius 1 is 0.912 bits per heavy atom. The fraction of sp³-hybridized carbons (Fsp3) is 0.520. The maximum Gasteiger partial charge on any atom is 0.264 e. The van der Waals surface area contributed by atoms with E-state index in [0.29, 0.717) is 66.2 Å². The zero-order valence-electron chi connectivity index (χ0n) is 18.5. The van der Waals surface area contributed by atoms with Gasteiger partial charge in [0.1, 0.15) is 43.7 Å². The van der Waals surface area contributed by atoms with Gasteiger partial charge in [-0.25, -0.2) is 8.78 Å². The fourth-order valence-corrected chi connectivity index (χ4v) is 5.35. The van der Waals surface area contributed by atoms with Gasteiger partial charge in [-0.15, -0.1) is 0 Å². The lowest BCUT2D eigenvalue weighted by Gasteiger charge is -2.41. The molecule has 1 saturated heterocycles. The number of halogens is 2. The third-order valence-electron chi connectivity index (χ3n) is 6.99. The Bertz CT molecular complexity index is 1060. The molecule has 9 heteroatoms. The molecular formula is C25H28F2O7. The van der Waals surface area contributed by atoms with E-state index < -0.39 is 43.6 Å². The van der Waals surface area contributed by atoms with Gasteiger partial charge in [0, 0.05) is 5.56 Å². The highest BCUT2D eigenvalue weighted by molar-refractivity contribution is 5.53. The smallest absolute Gasteiger partial charge is 0.264 e. The van der Waals surface area contributed by atoms with Gasteiger partial charge in [-0.2, -0.15) is 0 Å². The number of aliphatic hydroxyl groups is 4. The molecule has 3 aliphatic rings. The molecule has 2 aromatic carbocycles. The number of hydrogen-bond donors (Lipinski definition) is 4. The molecule has 2 aliphatic heterocycles. The van der Waals surface area contributed by atoms with Crippen molar-refractivity contribution in [2.75, 3.05) is 19.8 Å². The first-order valence-electron chi connectivity index (χ1n) is 11.5. The average Bonchev–Trinajstić information content (AvgIpc) is 3.32. The first-order valence-corrected chi connectivity index (χ1v) is 11.5. The Hall–Kier alpha value is -2.30. The average molecular weight is 478 g/mol. The van der Waals surface area contributed by atoms with Crippen molar-refractivity contribution in [3.8, 4) is 11.5 Å². The lowest BCUT2D eigenvalue weighted by Crippen LogP contribution is -2.55. The maximum atomic E-state index is 14.3. The lowest BCUT2D eigenvalue weighted by atomic mass is 9.84. The highest BCUT2D eigenvalue weighted by Crippen LogP contribution is 2.43. The van der Waals surface area contributed by atoms with Crippen molar-refractivity contribution in [2.45, 2.75) is 62.6 Å². The molecular weight excluding hydrogens is 450 g/mol. The van der Waals surface area contributed by atoms with Crippen molar-refractivity contribution in [1.29, 1.82) is 0 Å². The van der Waals surface area contributed by atoms with Crippen LogP contribution in [-0.4, -0.2) is 64.7 Å². The van der Waals surface area contributed by atoms with Crippen LogP contribution in [0.2, 0.25) is 0 Å². The predicted molar refractivity (Wildman–Crippen MR) is 116 cm³/mol. The monoisotopic (exact) mass is 478 g/mol. The predicted octanol–water partition coefficient (Wildman–Crippen LogP) is 1.99. The Labute approximate surface area is 195 Å². The van der Waals surface area contributed by atoms with E-state index in [0.717, 1.165) is 5.56 Å². The van der Waals surface area contributed by atoms with Crippen molar-refractivity contribution < 1.29 is 43.4 Å². The molecule has 5 rings (SSSR count). The van der Waals surface area contributed by atoms with Crippen LogP contribution in [-0.2, 0) is 24.0 Å². The number of hydrogen-bond acceptors (Lipinski definition) is 7. The molecule has 7 nitrogen and oxygen atoms in total. The molecule has 184 valence electrons. The Morgan fingerprint density at radius 3 is 2.38 bits per heavy atom. The molecule has 2 heterocycles. The fourth-order valence-electron chi connectivity index (χ4n) is 5.35. The van der Waals surface area contributed by atoms with E-state index in [9.17, 15) is 29.2 Å². The molecule has 0 spiro atoms. The second-order valence-electron chi connectivity index (χ2n) is 9.05. The van der Waals surface area contributed by atoms with Gasteiger partial charge in [-0.05, 0) is 65.6 Å². The van der Waals surface area contributed by atoms with Crippen molar-refractivity contribution in [3.05, 3.63) is 57.6 Å². The van der Waals surface area contributed by atoms with E-state index in [-0.39, 0.29) is 12.0 Å². The van der Waals surface area contributed by atoms with Crippen LogP contribution in [0.25, 0.3) is 0 Å². The second-order valence-corrected chi connectivity index (χ2v) is 9.05. The number of alkyl halides is 2. The van der Waals surface area contributed by atoms with Gasteiger partial charge in [0.05, 0.1) is 6.61 Å². The van der Waals surface area contributed by atoms with E-state index >= 15 is 0 Å². The highest BCUT2D eigenvalue weighted by Gasteiger charge is 2.45. The SMILES string of the molecule is OCC1OC(c2cc(Cc3ccc4c(c3)OCCO4)c(C(F)F)c3c2CCC3)C(O)C(O)C1O. The van der Waals surface area contributed by atoms with E-state index in [2.05, 4.69) is 0 Å². The molecule has 0 amide bonds. The van der Waals surface area contributed by atoms with E-state index in [1.54, 1.807) is 18.2 Å². The molecule has 2 aromatic rings. The van der Waals surface area contributed by atoms with E-state index in [1.165, 1.54) is 0 Å². The summed E-state index contributed by atoms with van der Waals surface area (Å²) >= 11 is 0. The molecule has 34 heavy (non-hydrogen) atoms. The first kappa shape index (κ1) is 23.4. The molecule has 5 atom stereocenters. The standard InChI is InChI=1S/C25H28F2O7/c26-25(27)20-13(8-12-4-5-17-18(9-12)33-7-6-32-17)10-16(14-2-1-3-15(14)20)24-23(31)22(30)21(29)19(11-28)34-24/h4-5,9-10,19,21-25,28-31H,1-3,6-8,11H2. The molecule has 1 aliphatic carbocycles. The van der Waals surface area contributed by atoms with E-state index in [1.807, 2.05) is 6.07 Å².